The van der Waals surface area contributed by atoms with Gasteiger partial charge in [0.15, 0.2) is 0 Å². The molecule has 2 saturated heterocycles. The lowest BCUT2D eigenvalue weighted by molar-refractivity contribution is -0.129. The number of carbonyl (C=O) groups excluding carboxylic acids is 2. The number of nitrogens with one attached hydrogen (secondary N) is 1. The highest BCUT2D eigenvalue weighted by Crippen LogP contribution is 2.23. The summed E-state index contributed by atoms with van der Waals surface area (Å²) in [5.74, 6) is 1.46. The molecule has 2 aliphatic rings. The van der Waals surface area contributed by atoms with Gasteiger partial charge < -0.3 is 14.5 Å². The van der Waals surface area contributed by atoms with Gasteiger partial charge in [0.25, 0.3) is 0 Å². The molecule has 3 amide bonds. The van der Waals surface area contributed by atoms with Crippen LogP contribution in [-0.2, 0) is 4.79 Å². The average Bonchev–Trinajstić information content (AvgIpc) is 3.18. The molecule has 2 fully saturated rings. The summed E-state index contributed by atoms with van der Waals surface area (Å²) in [6, 6.07) is 3.55. The van der Waals surface area contributed by atoms with Gasteiger partial charge in [-0.15, -0.1) is 0 Å². The topological polar surface area (TPSA) is 74.8 Å². The number of hydrogen-bond acceptors (Lipinski definition) is 4. The summed E-state index contributed by atoms with van der Waals surface area (Å²) in [6.45, 7) is 6.43. The van der Waals surface area contributed by atoms with Gasteiger partial charge in [-0.2, -0.15) is 0 Å². The summed E-state index contributed by atoms with van der Waals surface area (Å²) in [5, 5.41) is 2.83. The molecular weight excluding hydrogens is 308 g/mol. The lowest BCUT2D eigenvalue weighted by Crippen LogP contribution is -2.40. The van der Waals surface area contributed by atoms with Crippen LogP contribution in [0, 0.1) is 6.92 Å². The third-order valence-electron chi connectivity index (χ3n) is 4.57. The van der Waals surface area contributed by atoms with Crippen molar-refractivity contribution in [2.24, 2.45) is 0 Å². The van der Waals surface area contributed by atoms with Crippen LogP contribution in [0.3, 0.4) is 0 Å². The Morgan fingerprint density at radius 1 is 1.42 bits per heavy atom. The highest BCUT2D eigenvalue weighted by molar-refractivity contribution is 5.88. The van der Waals surface area contributed by atoms with E-state index < -0.39 is 0 Å². The summed E-state index contributed by atoms with van der Waals surface area (Å²) in [7, 11) is 0. The molecule has 1 N–H and O–H groups in total. The fourth-order valence-corrected chi connectivity index (χ4v) is 3.35. The number of anilines is 1. The second-order valence-electron chi connectivity index (χ2n) is 6.22. The Kier molecular flexibility index (Phi) is 4.87. The van der Waals surface area contributed by atoms with E-state index in [9.17, 15) is 9.59 Å². The monoisotopic (exact) mass is 332 g/mol. The molecule has 0 bridgehead atoms. The van der Waals surface area contributed by atoms with E-state index >= 15 is 0 Å². The Labute approximate surface area is 142 Å². The first-order valence-electron chi connectivity index (χ1n) is 8.54. The van der Waals surface area contributed by atoms with Crippen molar-refractivity contribution >= 4 is 17.8 Å². The number of hydrogen-bond donors (Lipinski definition) is 1. The van der Waals surface area contributed by atoms with Crippen LogP contribution < -0.4 is 10.1 Å². The summed E-state index contributed by atoms with van der Waals surface area (Å²) < 4.78 is 5.45. The van der Waals surface area contributed by atoms with Crippen molar-refractivity contribution in [3.05, 3.63) is 17.8 Å². The smallest absolute Gasteiger partial charge is 0.323 e. The number of rotatable bonds is 4. The van der Waals surface area contributed by atoms with E-state index in [0.29, 0.717) is 31.9 Å². The fourth-order valence-electron chi connectivity index (χ4n) is 3.35. The van der Waals surface area contributed by atoms with Gasteiger partial charge in [0.05, 0.1) is 18.3 Å². The molecule has 0 spiro atoms. The van der Waals surface area contributed by atoms with Crippen LogP contribution in [0.2, 0.25) is 0 Å². The first-order valence-corrected chi connectivity index (χ1v) is 8.54. The van der Waals surface area contributed by atoms with Gasteiger partial charge in [0, 0.05) is 26.1 Å². The first-order chi connectivity index (χ1) is 11.6. The first kappa shape index (κ1) is 16.5. The van der Waals surface area contributed by atoms with Gasteiger partial charge in [0.2, 0.25) is 5.91 Å². The summed E-state index contributed by atoms with van der Waals surface area (Å²) >= 11 is 0. The average molecular weight is 332 g/mol. The zero-order valence-electron chi connectivity index (χ0n) is 14.2. The molecule has 1 aromatic heterocycles. The Hall–Kier alpha value is -2.31. The van der Waals surface area contributed by atoms with Crippen molar-refractivity contribution in [3.8, 4) is 5.75 Å². The van der Waals surface area contributed by atoms with E-state index in [-0.39, 0.29) is 18.0 Å². The van der Waals surface area contributed by atoms with Crippen molar-refractivity contribution in [2.45, 2.75) is 39.2 Å². The van der Waals surface area contributed by atoms with E-state index in [1.54, 1.807) is 11.0 Å². The molecule has 2 aliphatic heterocycles. The molecule has 7 heteroatoms. The van der Waals surface area contributed by atoms with Crippen LogP contribution in [0.25, 0.3) is 0 Å². The summed E-state index contributed by atoms with van der Waals surface area (Å²) in [4.78, 5) is 32.3. The number of nitrogens with zero attached hydrogens (tertiary/aromatic N) is 3. The standard InChI is InChI=1S/C17H24N4O3/c1-3-24-14-6-7-15(18-12(14)2)19-17(23)20-10-8-13(11-20)21-9-4-5-16(21)22/h6-7,13H,3-5,8-11H2,1-2H3,(H,18,19,23). The number of likely N-dealkylation sites (tertiary alicyclic amines) is 2. The maximum Gasteiger partial charge on any atom is 0.323 e. The predicted molar refractivity (Wildman–Crippen MR) is 90.1 cm³/mol. The second-order valence-corrected chi connectivity index (χ2v) is 6.22. The number of urea groups is 1. The van der Waals surface area contributed by atoms with E-state index in [0.717, 1.165) is 30.8 Å². The summed E-state index contributed by atoms with van der Waals surface area (Å²) in [6.07, 6.45) is 2.41. The molecule has 1 aromatic rings. The van der Waals surface area contributed by atoms with E-state index in [4.69, 9.17) is 4.74 Å². The minimum Gasteiger partial charge on any atom is -0.492 e. The molecule has 0 aromatic carbocycles. The van der Waals surface area contributed by atoms with E-state index in [1.807, 2.05) is 24.8 Å². The maximum atomic E-state index is 12.4. The van der Waals surface area contributed by atoms with Gasteiger partial charge in [0.1, 0.15) is 11.6 Å². The Morgan fingerprint density at radius 3 is 2.92 bits per heavy atom. The van der Waals surface area contributed by atoms with Gasteiger partial charge in [-0.1, -0.05) is 0 Å². The Bertz CT molecular complexity index is 634. The molecule has 7 nitrogen and oxygen atoms in total. The SMILES string of the molecule is CCOc1ccc(NC(=O)N2CCC(N3CCCC3=O)C2)nc1C. The number of pyridine rings is 1. The van der Waals surface area contributed by atoms with Gasteiger partial charge >= 0.3 is 6.03 Å². The predicted octanol–water partition coefficient (Wildman–Crippen LogP) is 2.02. The molecule has 0 saturated carbocycles. The molecule has 1 unspecified atom stereocenters. The van der Waals surface area contributed by atoms with Gasteiger partial charge in [-0.05, 0) is 38.8 Å². The van der Waals surface area contributed by atoms with Gasteiger partial charge in [-0.25, -0.2) is 9.78 Å². The second kappa shape index (κ2) is 7.07. The highest BCUT2D eigenvalue weighted by Gasteiger charge is 2.34. The number of amides is 3. The Morgan fingerprint density at radius 2 is 2.25 bits per heavy atom. The molecule has 0 radical (unpaired) electrons. The van der Waals surface area contributed by atoms with Crippen molar-refractivity contribution in [2.75, 3.05) is 31.6 Å². The van der Waals surface area contributed by atoms with Crippen LogP contribution in [0.4, 0.5) is 10.6 Å². The van der Waals surface area contributed by atoms with Gasteiger partial charge in [-0.3, -0.25) is 10.1 Å². The number of ether oxygens (including phenoxy) is 1. The maximum absolute atomic E-state index is 12.4. The molecule has 3 heterocycles. The zero-order valence-corrected chi connectivity index (χ0v) is 14.2. The van der Waals surface area contributed by atoms with Crippen LogP contribution >= 0.6 is 0 Å². The molecule has 0 aliphatic carbocycles. The number of aryl methyl sites for hydroxylation is 1. The van der Waals surface area contributed by atoms with Crippen LogP contribution in [0.1, 0.15) is 31.9 Å². The minimum atomic E-state index is -0.166. The van der Waals surface area contributed by atoms with Crippen LogP contribution in [-0.4, -0.2) is 59.0 Å². The summed E-state index contributed by atoms with van der Waals surface area (Å²) in [5.41, 5.74) is 0.747. The van der Waals surface area contributed by atoms with Crippen LogP contribution in [0.15, 0.2) is 12.1 Å². The lowest BCUT2D eigenvalue weighted by atomic mass is 10.2. The Balaban J connectivity index is 1.57. The third kappa shape index (κ3) is 3.44. The highest BCUT2D eigenvalue weighted by atomic mass is 16.5. The van der Waals surface area contributed by atoms with Crippen LogP contribution in [0.5, 0.6) is 5.75 Å². The lowest BCUT2D eigenvalue weighted by Gasteiger charge is -2.24. The fraction of sp³-hybridized carbons (Fsp3) is 0.588. The van der Waals surface area contributed by atoms with Crippen molar-refractivity contribution in [1.82, 2.24) is 14.8 Å². The van der Waals surface area contributed by atoms with E-state index in [2.05, 4.69) is 10.3 Å². The largest absolute Gasteiger partial charge is 0.492 e. The quantitative estimate of drug-likeness (QED) is 0.915. The zero-order chi connectivity index (χ0) is 17.1. The van der Waals surface area contributed by atoms with Crippen molar-refractivity contribution < 1.29 is 14.3 Å². The third-order valence-corrected chi connectivity index (χ3v) is 4.57. The molecule has 24 heavy (non-hydrogen) atoms. The molecule has 1 atom stereocenters. The molecule has 3 rings (SSSR count). The number of carbonyl (C=O) groups is 2. The normalized spacial score (nSPS) is 20.6. The minimum absolute atomic E-state index is 0.153. The van der Waals surface area contributed by atoms with Crippen molar-refractivity contribution in [3.63, 3.8) is 0 Å². The van der Waals surface area contributed by atoms with Crippen molar-refractivity contribution in [1.29, 1.82) is 0 Å². The molecule has 130 valence electrons. The number of aromatic nitrogens is 1. The van der Waals surface area contributed by atoms with E-state index in [1.165, 1.54) is 0 Å². The molecular formula is C17H24N4O3.